The van der Waals surface area contributed by atoms with Crippen LogP contribution in [-0.2, 0) is 45.8 Å². The van der Waals surface area contributed by atoms with Gasteiger partial charge in [-0.15, -0.1) is 0 Å². The third-order valence-corrected chi connectivity index (χ3v) is 7.91. The maximum absolute atomic E-state index is 13.7. The van der Waals surface area contributed by atoms with Crippen molar-refractivity contribution in [2.45, 2.75) is 108 Å². The van der Waals surface area contributed by atoms with Crippen LogP contribution >= 0.6 is 0 Å². The van der Waals surface area contributed by atoms with E-state index < -0.39 is 104 Å². The van der Waals surface area contributed by atoms with Crippen molar-refractivity contribution in [1.29, 1.82) is 0 Å². The van der Waals surface area contributed by atoms with Gasteiger partial charge in [0.05, 0.1) is 19.8 Å². The van der Waals surface area contributed by atoms with Gasteiger partial charge >= 0.3 is 0 Å². The third kappa shape index (κ3) is 18.7. The summed E-state index contributed by atoms with van der Waals surface area (Å²) in [5, 5.41) is 93.7. The van der Waals surface area contributed by atoms with Gasteiger partial charge in [-0.3, -0.25) is 28.8 Å². The second-order valence-corrected chi connectivity index (χ2v) is 12.3. The van der Waals surface area contributed by atoms with Gasteiger partial charge in [0.25, 0.3) is 0 Å². The minimum absolute atomic E-state index is 0. The van der Waals surface area contributed by atoms with Crippen molar-refractivity contribution >= 4 is 35.4 Å². The van der Waals surface area contributed by atoms with E-state index in [1.807, 2.05) is 0 Å². The zero-order chi connectivity index (χ0) is 39.5. The molecule has 0 bridgehead atoms. The maximum atomic E-state index is 13.7. The van der Waals surface area contributed by atoms with Crippen LogP contribution in [0.25, 0.3) is 0 Å². The van der Waals surface area contributed by atoms with Gasteiger partial charge in [0, 0.05) is 36.7 Å². The van der Waals surface area contributed by atoms with E-state index in [4.69, 9.17) is 0 Å². The van der Waals surface area contributed by atoms with Crippen LogP contribution in [0.3, 0.4) is 0 Å². The fourth-order valence-electron chi connectivity index (χ4n) is 4.75. The average molecular weight is 810 g/mol. The SMILES string of the molecule is CC(O)N(O)CCCC1NC(=O)CNC(=O)C(CO)NC(=O)C(CO)NC(=O)C(CCCN(O)C(C)O)NC(=O)C(CCCN(O)C(C)O)NC1=O.[Fe]. The Morgan fingerprint density at radius 2 is 0.811 bits per heavy atom. The number of carbonyl (C=O) groups excluding carboxylic acids is 6. The van der Waals surface area contributed by atoms with Crippen molar-refractivity contribution in [3.63, 3.8) is 0 Å². The minimum atomic E-state index is -1.70. The number of hydrogen-bond donors (Lipinski definition) is 14. The molecule has 308 valence electrons. The number of aliphatic hydroxyl groups excluding tert-OH is 5. The summed E-state index contributed by atoms with van der Waals surface area (Å²) in [5.74, 6) is -5.90. The number of hydroxylamine groups is 6. The normalized spacial score (nSPS) is 24.5. The Morgan fingerprint density at radius 1 is 0.528 bits per heavy atom. The first-order valence-corrected chi connectivity index (χ1v) is 16.8. The Kier molecular flexibility index (Phi) is 24.3. The van der Waals surface area contributed by atoms with Crippen LogP contribution in [0.4, 0.5) is 0 Å². The van der Waals surface area contributed by atoms with E-state index in [0.717, 1.165) is 0 Å². The summed E-state index contributed by atoms with van der Waals surface area (Å²) in [4.78, 5) is 79.2. The Labute approximate surface area is 316 Å². The van der Waals surface area contributed by atoms with Gasteiger partial charge in [0.1, 0.15) is 48.9 Å². The van der Waals surface area contributed by atoms with Gasteiger partial charge in [-0.25, -0.2) is 0 Å². The van der Waals surface area contributed by atoms with Gasteiger partial charge in [-0.2, -0.15) is 15.2 Å². The molecule has 0 aromatic rings. The summed E-state index contributed by atoms with van der Waals surface area (Å²) >= 11 is 0. The smallest absolute Gasteiger partial charge is 0.245 e. The molecule has 1 fully saturated rings. The summed E-state index contributed by atoms with van der Waals surface area (Å²) in [7, 11) is 0. The number of carbonyl (C=O) groups is 6. The molecule has 0 spiro atoms. The molecule has 0 radical (unpaired) electrons. The van der Waals surface area contributed by atoms with Crippen LogP contribution in [0.1, 0.15) is 59.3 Å². The minimum Gasteiger partial charge on any atom is -0.394 e. The molecule has 0 aliphatic carbocycles. The van der Waals surface area contributed by atoms with Gasteiger partial charge < -0.3 is 73.1 Å². The Hall–Kier alpha value is -3.10. The molecule has 53 heavy (non-hydrogen) atoms. The van der Waals surface area contributed by atoms with E-state index in [1.165, 1.54) is 20.8 Å². The molecule has 1 aliphatic rings. The summed E-state index contributed by atoms with van der Waals surface area (Å²) in [5.41, 5.74) is 0. The molecule has 0 saturated carbocycles. The average Bonchev–Trinajstić information content (AvgIpc) is 3.09. The van der Waals surface area contributed by atoms with Crippen molar-refractivity contribution in [2.24, 2.45) is 0 Å². The molecule has 1 heterocycles. The van der Waals surface area contributed by atoms with Crippen molar-refractivity contribution in [1.82, 2.24) is 47.1 Å². The maximum Gasteiger partial charge on any atom is 0.245 e. The Bertz CT molecular complexity index is 1170. The molecule has 8 atom stereocenters. The zero-order valence-electron chi connectivity index (χ0n) is 29.8. The van der Waals surface area contributed by atoms with E-state index in [-0.39, 0.29) is 75.2 Å². The molecule has 0 aromatic carbocycles. The Balaban J connectivity index is 0.0000270. The number of amides is 6. The van der Waals surface area contributed by atoms with E-state index in [2.05, 4.69) is 31.9 Å². The predicted octanol–water partition coefficient (Wildman–Crippen LogP) is -6.05. The van der Waals surface area contributed by atoms with Gasteiger partial charge in [-0.05, 0) is 59.3 Å². The molecule has 1 saturated heterocycles. The van der Waals surface area contributed by atoms with Crippen LogP contribution in [0, 0.1) is 0 Å². The van der Waals surface area contributed by atoms with Gasteiger partial charge in [0.2, 0.25) is 35.4 Å². The molecule has 1 rings (SSSR count). The van der Waals surface area contributed by atoms with Crippen LogP contribution in [0.2, 0.25) is 0 Å². The number of hydrogen-bond acceptors (Lipinski definition) is 17. The first-order valence-electron chi connectivity index (χ1n) is 16.8. The third-order valence-electron chi connectivity index (χ3n) is 7.91. The molecular formula is C29H55FeN9O14. The van der Waals surface area contributed by atoms with Crippen molar-refractivity contribution in [3.8, 4) is 0 Å². The summed E-state index contributed by atoms with van der Waals surface area (Å²) in [6, 6.07) is -7.65. The topological polar surface area (TPSA) is 346 Å². The molecular weight excluding hydrogens is 754 g/mol. The second kappa shape index (κ2) is 25.8. The van der Waals surface area contributed by atoms with Gasteiger partial charge in [-0.1, -0.05) is 0 Å². The summed E-state index contributed by atoms with van der Waals surface area (Å²) < 4.78 is 0. The van der Waals surface area contributed by atoms with E-state index in [9.17, 15) is 69.9 Å². The van der Waals surface area contributed by atoms with Crippen LogP contribution in [0.15, 0.2) is 0 Å². The second-order valence-electron chi connectivity index (χ2n) is 12.3. The first kappa shape index (κ1) is 49.9. The van der Waals surface area contributed by atoms with E-state index >= 15 is 0 Å². The van der Waals surface area contributed by atoms with Crippen molar-refractivity contribution in [2.75, 3.05) is 39.4 Å². The quantitative estimate of drug-likeness (QED) is 0.0369. The van der Waals surface area contributed by atoms with Gasteiger partial charge in [0.15, 0.2) is 0 Å². The van der Waals surface area contributed by atoms with Crippen LogP contribution in [-0.4, -0.2) is 180 Å². The Morgan fingerprint density at radius 3 is 1.13 bits per heavy atom. The van der Waals surface area contributed by atoms with E-state index in [1.54, 1.807) is 0 Å². The van der Waals surface area contributed by atoms with Crippen molar-refractivity contribution < 1.29 is 87.0 Å². The molecule has 24 heteroatoms. The predicted molar refractivity (Wildman–Crippen MR) is 175 cm³/mol. The van der Waals surface area contributed by atoms with E-state index in [0.29, 0.717) is 15.2 Å². The first-order chi connectivity index (χ1) is 24.4. The van der Waals surface area contributed by atoms with Crippen LogP contribution < -0.4 is 31.9 Å². The molecule has 6 amide bonds. The molecule has 23 nitrogen and oxygen atoms in total. The number of nitrogens with one attached hydrogen (secondary N) is 6. The number of aliphatic hydroxyl groups is 5. The summed E-state index contributed by atoms with van der Waals surface area (Å²) in [6.07, 6.45) is -4.35. The summed E-state index contributed by atoms with van der Waals surface area (Å²) in [6.45, 7) is 0.667. The molecule has 8 unspecified atom stereocenters. The monoisotopic (exact) mass is 809 g/mol. The largest absolute Gasteiger partial charge is 0.394 e. The standard InChI is InChI=1S/C29H55N9O14.Fe/c1-16(41)36(50)10-4-7-19-26(46)32-20(8-5-11-37(51)17(2)42)27(47)33-21(9-6-12-38(52)18(3)43)28(48)35-23(15-40)29(49)34-22(14-39)25(45)30-13-24(44)31-19;/h16-23,39-43,50-52H,4-15H2,1-3H3,(H,30,45)(H,31,44)(H,32,46)(H,33,47)(H,34,49)(H,35,48);. The fourth-order valence-corrected chi connectivity index (χ4v) is 4.75. The number of nitrogens with zero attached hydrogens (tertiary/aromatic N) is 3. The molecule has 14 N–H and O–H groups in total. The fraction of sp³-hybridized carbons (Fsp3) is 0.793. The number of rotatable bonds is 17. The zero-order valence-corrected chi connectivity index (χ0v) is 30.9. The molecule has 0 aromatic heterocycles. The van der Waals surface area contributed by atoms with Crippen LogP contribution in [0.5, 0.6) is 0 Å². The van der Waals surface area contributed by atoms with Crippen molar-refractivity contribution in [3.05, 3.63) is 0 Å². The molecule has 1 aliphatic heterocycles.